The lowest BCUT2D eigenvalue weighted by molar-refractivity contribution is 0.415. The summed E-state index contributed by atoms with van der Waals surface area (Å²) in [6.07, 6.45) is 3.02. The van der Waals surface area contributed by atoms with E-state index >= 15 is 0 Å². The Balaban J connectivity index is 1.72. The highest BCUT2D eigenvalue weighted by molar-refractivity contribution is 5.82. The largest absolute Gasteiger partial charge is 0.497 e. The van der Waals surface area contributed by atoms with Gasteiger partial charge in [-0.25, -0.2) is 19.9 Å². The Kier molecular flexibility index (Phi) is 4.78. The average molecular weight is 427 g/mol. The molecule has 0 aliphatic heterocycles. The number of ether oxygens (including phenoxy) is 1. The summed E-state index contributed by atoms with van der Waals surface area (Å²) in [7, 11) is 1.60. The molecule has 1 atom stereocenters. The molecule has 1 unspecified atom stereocenters. The first-order valence-corrected chi connectivity index (χ1v) is 10.1. The highest BCUT2D eigenvalue weighted by Gasteiger charge is 2.22. The number of nitrogens with zero attached hydrogens (tertiary/aromatic N) is 5. The number of rotatable bonds is 5. The minimum absolute atomic E-state index is 0.139. The van der Waals surface area contributed by atoms with E-state index in [1.54, 1.807) is 17.8 Å². The van der Waals surface area contributed by atoms with Crippen LogP contribution in [-0.2, 0) is 0 Å². The number of fused-ring (bicyclic) bond motifs is 2. The molecule has 0 aliphatic rings. The average Bonchev–Trinajstić information content (AvgIpc) is 3.29. The van der Waals surface area contributed by atoms with E-state index in [0.717, 1.165) is 11.3 Å². The van der Waals surface area contributed by atoms with Gasteiger partial charge in [0.1, 0.15) is 23.2 Å². The molecule has 9 heteroatoms. The molecule has 0 bridgehead atoms. The molecule has 0 saturated heterocycles. The maximum absolute atomic E-state index is 13.7. The molecule has 0 radical (unpaired) electrons. The molecular weight excluding hydrogens is 406 g/mol. The van der Waals surface area contributed by atoms with Crippen LogP contribution in [0.5, 0.6) is 5.75 Å². The molecule has 0 spiro atoms. The second-order valence-corrected chi connectivity index (χ2v) is 7.46. The molecule has 32 heavy (non-hydrogen) atoms. The maximum atomic E-state index is 13.7. The molecule has 5 rings (SSSR count). The molecule has 0 amide bonds. The Bertz CT molecular complexity index is 1510. The van der Waals surface area contributed by atoms with Gasteiger partial charge in [0.15, 0.2) is 11.5 Å². The standard InChI is InChI=1S/C23H21N7O2/c1-13-6-4-9-17-29-19(14(2)28-22-20-21(25-11-24-20)26-12-27-22)18(23(31)30(13)17)15-7-5-8-16(10-15)32-3/h4-12,14H,1-3H3,(H2,24,25,26,27,28). The second kappa shape index (κ2) is 7.77. The summed E-state index contributed by atoms with van der Waals surface area (Å²) in [4.78, 5) is 34.3. The number of pyridine rings is 1. The van der Waals surface area contributed by atoms with E-state index in [1.807, 2.05) is 56.3 Å². The summed E-state index contributed by atoms with van der Waals surface area (Å²) in [5.74, 6) is 1.25. The SMILES string of the molecule is COc1cccc(-c2c(C(C)Nc3ncnc4nc[nH]c34)nc3cccc(C)n3c2=O)c1. The fourth-order valence-electron chi connectivity index (χ4n) is 3.87. The van der Waals surface area contributed by atoms with Crippen molar-refractivity contribution < 1.29 is 4.74 Å². The van der Waals surface area contributed by atoms with Crippen LogP contribution in [0.15, 0.2) is 59.9 Å². The Morgan fingerprint density at radius 3 is 2.81 bits per heavy atom. The van der Waals surface area contributed by atoms with Crippen molar-refractivity contribution in [3.63, 3.8) is 0 Å². The molecule has 4 heterocycles. The van der Waals surface area contributed by atoms with Gasteiger partial charge < -0.3 is 15.0 Å². The zero-order valence-electron chi connectivity index (χ0n) is 17.8. The first-order valence-electron chi connectivity index (χ1n) is 10.1. The van der Waals surface area contributed by atoms with Gasteiger partial charge in [-0.05, 0) is 43.7 Å². The molecular formula is C23H21N7O2. The van der Waals surface area contributed by atoms with E-state index in [1.165, 1.54) is 6.33 Å². The van der Waals surface area contributed by atoms with E-state index in [-0.39, 0.29) is 11.6 Å². The minimum Gasteiger partial charge on any atom is -0.497 e. The third kappa shape index (κ3) is 3.24. The smallest absolute Gasteiger partial charge is 0.266 e. The zero-order valence-corrected chi connectivity index (χ0v) is 17.8. The number of anilines is 1. The van der Waals surface area contributed by atoms with E-state index in [2.05, 4.69) is 25.3 Å². The van der Waals surface area contributed by atoms with Crippen molar-refractivity contribution in [2.24, 2.45) is 0 Å². The molecule has 2 N–H and O–H groups in total. The number of hydrogen-bond donors (Lipinski definition) is 2. The summed E-state index contributed by atoms with van der Waals surface area (Å²) in [6.45, 7) is 3.84. The number of nitrogens with one attached hydrogen (secondary N) is 2. The minimum atomic E-state index is -0.337. The lowest BCUT2D eigenvalue weighted by Crippen LogP contribution is -2.24. The summed E-state index contributed by atoms with van der Waals surface area (Å²) < 4.78 is 7.02. The lowest BCUT2D eigenvalue weighted by Gasteiger charge is -2.19. The number of hydrogen-bond acceptors (Lipinski definition) is 7. The number of aryl methyl sites for hydroxylation is 1. The molecule has 1 aromatic carbocycles. The van der Waals surface area contributed by atoms with Gasteiger partial charge in [0, 0.05) is 5.69 Å². The molecule has 5 aromatic rings. The highest BCUT2D eigenvalue weighted by Crippen LogP contribution is 2.29. The zero-order chi connectivity index (χ0) is 22.2. The van der Waals surface area contributed by atoms with Crippen LogP contribution in [0.2, 0.25) is 0 Å². The maximum Gasteiger partial charge on any atom is 0.266 e. The van der Waals surface area contributed by atoms with Crippen LogP contribution >= 0.6 is 0 Å². The van der Waals surface area contributed by atoms with Gasteiger partial charge in [0.2, 0.25) is 0 Å². The van der Waals surface area contributed by atoms with Gasteiger partial charge in [0.05, 0.1) is 30.7 Å². The van der Waals surface area contributed by atoms with Gasteiger partial charge in [-0.2, -0.15) is 0 Å². The third-order valence-corrected chi connectivity index (χ3v) is 5.42. The predicted molar refractivity (Wildman–Crippen MR) is 122 cm³/mol. The Hall–Kier alpha value is -4.27. The molecule has 0 saturated carbocycles. The quantitative estimate of drug-likeness (QED) is 0.442. The Labute approximate surface area is 183 Å². The number of imidazole rings is 1. The van der Waals surface area contributed by atoms with Crippen LogP contribution in [0, 0.1) is 6.92 Å². The fraction of sp³-hybridized carbons (Fsp3) is 0.174. The Morgan fingerprint density at radius 2 is 1.97 bits per heavy atom. The van der Waals surface area contributed by atoms with Crippen molar-refractivity contribution in [3.05, 3.63) is 76.9 Å². The summed E-state index contributed by atoms with van der Waals surface area (Å²) >= 11 is 0. The first-order chi connectivity index (χ1) is 15.6. The molecule has 160 valence electrons. The van der Waals surface area contributed by atoms with E-state index in [0.29, 0.717) is 39.6 Å². The van der Waals surface area contributed by atoms with Gasteiger partial charge in [-0.3, -0.25) is 9.20 Å². The number of aromatic amines is 1. The van der Waals surface area contributed by atoms with Crippen LogP contribution in [0.4, 0.5) is 5.82 Å². The topological polar surface area (TPSA) is 110 Å². The van der Waals surface area contributed by atoms with Gasteiger partial charge in [0.25, 0.3) is 5.56 Å². The fourth-order valence-corrected chi connectivity index (χ4v) is 3.87. The molecule has 4 aromatic heterocycles. The summed E-state index contributed by atoms with van der Waals surface area (Å²) in [5.41, 5.74) is 4.36. The monoisotopic (exact) mass is 427 g/mol. The van der Waals surface area contributed by atoms with Crippen molar-refractivity contribution >= 4 is 22.6 Å². The highest BCUT2D eigenvalue weighted by atomic mass is 16.5. The van der Waals surface area contributed by atoms with E-state index in [9.17, 15) is 4.79 Å². The van der Waals surface area contributed by atoms with Gasteiger partial charge in [-0.1, -0.05) is 18.2 Å². The van der Waals surface area contributed by atoms with Crippen molar-refractivity contribution in [2.75, 3.05) is 12.4 Å². The number of methoxy groups -OCH3 is 1. The summed E-state index contributed by atoms with van der Waals surface area (Å²) in [5, 5.41) is 3.37. The number of benzene rings is 1. The number of aromatic nitrogens is 6. The number of H-pyrrole nitrogens is 1. The Morgan fingerprint density at radius 1 is 1.12 bits per heavy atom. The summed E-state index contributed by atoms with van der Waals surface area (Å²) in [6, 6.07) is 12.7. The predicted octanol–water partition coefficient (Wildman–Crippen LogP) is 3.52. The third-order valence-electron chi connectivity index (χ3n) is 5.42. The van der Waals surface area contributed by atoms with Crippen LogP contribution in [0.3, 0.4) is 0 Å². The lowest BCUT2D eigenvalue weighted by atomic mass is 10.0. The van der Waals surface area contributed by atoms with Crippen LogP contribution < -0.4 is 15.6 Å². The molecule has 9 nitrogen and oxygen atoms in total. The van der Waals surface area contributed by atoms with Crippen LogP contribution in [0.25, 0.3) is 27.9 Å². The normalized spacial score (nSPS) is 12.2. The van der Waals surface area contributed by atoms with E-state index in [4.69, 9.17) is 9.72 Å². The molecule has 0 aliphatic carbocycles. The van der Waals surface area contributed by atoms with Crippen molar-refractivity contribution in [1.29, 1.82) is 0 Å². The molecule has 0 fully saturated rings. The van der Waals surface area contributed by atoms with Crippen molar-refractivity contribution in [3.8, 4) is 16.9 Å². The van der Waals surface area contributed by atoms with Gasteiger partial charge >= 0.3 is 0 Å². The van der Waals surface area contributed by atoms with Gasteiger partial charge in [-0.15, -0.1) is 0 Å². The van der Waals surface area contributed by atoms with Crippen LogP contribution in [0.1, 0.15) is 24.4 Å². The van der Waals surface area contributed by atoms with E-state index < -0.39 is 0 Å². The van der Waals surface area contributed by atoms with Crippen molar-refractivity contribution in [1.82, 2.24) is 29.3 Å². The van der Waals surface area contributed by atoms with Crippen molar-refractivity contribution in [2.45, 2.75) is 19.9 Å². The first kappa shape index (κ1) is 19.7. The van der Waals surface area contributed by atoms with Crippen LogP contribution in [-0.4, -0.2) is 36.4 Å². The second-order valence-electron chi connectivity index (χ2n) is 7.46.